The minimum atomic E-state index is -1.72. The van der Waals surface area contributed by atoms with Crippen LogP contribution in [0, 0.1) is 0 Å². The average Bonchev–Trinajstić information content (AvgIpc) is 3.31. The first-order chi connectivity index (χ1) is 32.5. The van der Waals surface area contributed by atoms with Crippen molar-refractivity contribution in [1.82, 2.24) is 36.4 Å². The number of fused-ring (bicyclic) bond motifs is 5. The molecule has 0 saturated carbocycles. The maximum absolute atomic E-state index is 14.1. The summed E-state index contributed by atoms with van der Waals surface area (Å²) < 4.78 is 0. The van der Waals surface area contributed by atoms with E-state index in [0.717, 1.165) is 35.5 Å². The molecule has 20 heteroatoms. The van der Waals surface area contributed by atoms with Crippen LogP contribution in [0.15, 0.2) is 36.4 Å². The molecule has 0 spiro atoms. The standard InChI is InChI=1S/C48H74N8O12/c1-5-6-7-8-9-10-11-12-13-14-15-16-17-18-40(62)55(3)37(29-59)46(66)54-43(49)48(68)50-26-41(63)56(4)42-32-20-22-39(61)35(25-32)34-23-31(19-21-38(34)60)24-36(45(65)52-33(27-57)28-58)53-44(64)30(2)51-47(42)67/h19-23,25,30,33,36-37,42-43,57-61H,5-18,24,26-29,49H2,1-4H3,(H,50,68)(H,51,67)(H,52,65)(H,53,64)(H,54,66)/t30-,36-,37+,42-,43-/m0/s1. The van der Waals surface area contributed by atoms with Gasteiger partial charge in [-0.15, -0.1) is 0 Å². The Morgan fingerprint density at radius 1 is 0.721 bits per heavy atom. The topological polar surface area (TPSA) is 313 Å². The van der Waals surface area contributed by atoms with Gasteiger partial charge in [0.05, 0.1) is 32.4 Å². The summed E-state index contributed by atoms with van der Waals surface area (Å²) in [6.45, 7) is 0.868. The number of hydrogen-bond acceptors (Lipinski definition) is 13. The van der Waals surface area contributed by atoms with Gasteiger partial charge < -0.3 is 67.7 Å². The number of carbonyl (C=O) groups excluding carboxylic acids is 7. The Bertz CT molecular complexity index is 2000. The number of hydrogen-bond donors (Lipinski definition) is 11. The van der Waals surface area contributed by atoms with Gasteiger partial charge in [-0.3, -0.25) is 33.6 Å². The number of rotatable bonds is 26. The summed E-state index contributed by atoms with van der Waals surface area (Å²) >= 11 is 0. The number of aliphatic hydroxyl groups is 3. The average molecular weight is 955 g/mol. The molecule has 378 valence electrons. The number of amides is 7. The largest absolute Gasteiger partial charge is 0.507 e. The smallest absolute Gasteiger partial charge is 0.257 e. The molecular weight excluding hydrogens is 881 g/mol. The van der Waals surface area contributed by atoms with E-state index in [2.05, 4.69) is 33.5 Å². The second-order valence-corrected chi connectivity index (χ2v) is 17.5. The number of unbranched alkanes of at least 4 members (excludes halogenated alkanes) is 12. The lowest BCUT2D eigenvalue weighted by atomic mass is 9.93. The van der Waals surface area contributed by atoms with Crippen LogP contribution in [0.5, 0.6) is 11.5 Å². The maximum atomic E-state index is 14.1. The monoisotopic (exact) mass is 955 g/mol. The number of phenols is 2. The zero-order valence-corrected chi connectivity index (χ0v) is 39.9. The van der Waals surface area contributed by atoms with Gasteiger partial charge in [-0.25, -0.2) is 0 Å². The highest BCUT2D eigenvalue weighted by molar-refractivity contribution is 5.97. The lowest BCUT2D eigenvalue weighted by molar-refractivity contribution is -0.142. The van der Waals surface area contributed by atoms with Gasteiger partial charge in [0.2, 0.25) is 35.4 Å². The van der Waals surface area contributed by atoms with E-state index in [1.54, 1.807) is 0 Å². The van der Waals surface area contributed by atoms with Crippen molar-refractivity contribution in [2.45, 2.75) is 147 Å². The van der Waals surface area contributed by atoms with Crippen LogP contribution < -0.4 is 32.3 Å². The van der Waals surface area contributed by atoms with Crippen LogP contribution in [0.25, 0.3) is 11.1 Å². The zero-order valence-electron chi connectivity index (χ0n) is 39.9. The molecule has 7 amide bonds. The van der Waals surface area contributed by atoms with Crippen molar-refractivity contribution in [3.63, 3.8) is 0 Å². The number of nitrogens with zero attached hydrogens (tertiary/aromatic N) is 2. The van der Waals surface area contributed by atoms with Crippen LogP contribution in [-0.4, -0.2) is 147 Å². The third-order valence-electron chi connectivity index (χ3n) is 12.2. The van der Waals surface area contributed by atoms with Crippen LogP contribution in [0.2, 0.25) is 0 Å². The molecule has 20 nitrogen and oxygen atoms in total. The van der Waals surface area contributed by atoms with E-state index in [-0.39, 0.29) is 46.9 Å². The van der Waals surface area contributed by atoms with Gasteiger partial charge in [0.1, 0.15) is 35.7 Å². The highest BCUT2D eigenvalue weighted by Gasteiger charge is 2.34. The van der Waals surface area contributed by atoms with Crippen molar-refractivity contribution >= 4 is 41.4 Å². The Hall–Kier alpha value is -5.83. The maximum Gasteiger partial charge on any atom is 0.257 e. The summed E-state index contributed by atoms with van der Waals surface area (Å²) in [5.74, 6) is -6.21. The highest BCUT2D eigenvalue weighted by Crippen LogP contribution is 2.38. The molecule has 0 aromatic heterocycles. The lowest BCUT2D eigenvalue weighted by Gasteiger charge is -2.30. The highest BCUT2D eigenvalue weighted by atomic mass is 16.3. The molecule has 0 radical (unpaired) electrons. The first kappa shape index (κ1) is 56.5. The van der Waals surface area contributed by atoms with Gasteiger partial charge >= 0.3 is 0 Å². The third-order valence-corrected chi connectivity index (χ3v) is 12.2. The van der Waals surface area contributed by atoms with Crippen molar-refractivity contribution in [1.29, 1.82) is 0 Å². The van der Waals surface area contributed by atoms with Gasteiger partial charge in [-0.05, 0) is 48.7 Å². The van der Waals surface area contributed by atoms with Crippen molar-refractivity contribution in [3.8, 4) is 22.6 Å². The minimum absolute atomic E-state index is 0.0411. The van der Waals surface area contributed by atoms with Gasteiger partial charge in [0.15, 0.2) is 6.17 Å². The van der Waals surface area contributed by atoms with Gasteiger partial charge in [0, 0.05) is 38.1 Å². The van der Waals surface area contributed by atoms with E-state index < -0.39 is 98.2 Å². The SMILES string of the molecule is CCCCCCCCCCCCCCCC(=O)N(C)[C@H](CO)C(=O)N[C@H](N)C(=O)NCC(=O)N(C)[C@@H]1C(=O)N[C@@H](C)C(=O)N[C@H](C(=O)NC(CO)CO)Cc2ccc(O)c(c2)-c2cc1ccc2O. The van der Waals surface area contributed by atoms with E-state index in [9.17, 15) is 59.1 Å². The van der Waals surface area contributed by atoms with Gasteiger partial charge in [-0.1, -0.05) is 96.1 Å². The minimum Gasteiger partial charge on any atom is -0.507 e. The van der Waals surface area contributed by atoms with Crippen molar-refractivity contribution in [2.24, 2.45) is 5.73 Å². The molecule has 68 heavy (non-hydrogen) atoms. The number of carbonyl (C=O) groups is 7. The quantitative estimate of drug-likeness (QED) is 0.0466. The molecule has 4 bridgehead atoms. The first-order valence-corrected chi connectivity index (χ1v) is 23.7. The van der Waals surface area contributed by atoms with Crippen LogP contribution in [0.1, 0.15) is 121 Å². The molecule has 12 N–H and O–H groups in total. The fraction of sp³-hybridized carbons (Fsp3) is 0.604. The van der Waals surface area contributed by atoms with Crippen molar-refractivity contribution < 1.29 is 59.1 Å². The molecule has 3 rings (SSSR count). The molecule has 0 fully saturated rings. The molecule has 1 aliphatic rings. The number of aromatic hydroxyl groups is 2. The zero-order chi connectivity index (χ0) is 50.3. The molecule has 5 atom stereocenters. The predicted molar refractivity (Wildman–Crippen MR) is 253 cm³/mol. The summed E-state index contributed by atoms with van der Waals surface area (Å²) in [6, 6.07) is 1.70. The van der Waals surface area contributed by atoms with Crippen LogP contribution in [-0.2, 0) is 40.0 Å². The number of likely N-dealkylation sites (N-methyl/N-ethyl adjacent to an activating group) is 2. The predicted octanol–water partition coefficient (Wildman–Crippen LogP) is 1.10. The Morgan fingerprint density at radius 2 is 1.28 bits per heavy atom. The number of phenolic OH excluding ortho intramolecular Hbond substituents is 2. The molecule has 0 unspecified atom stereocenters. The summed E-state index contributed by atoms with van der Waals surface area (Å²) in [7, 11) is 2.62. The van der Waals surface area contributed by atoms with Gasteiger partial charge in [0.25, 0.3) is 5.91 Å². The number of nitrogens with two attached hydrogens (primary N) is 1. The number of nitrogens with one attached hydrogen (secondary N) is 5. The second kappa shape index (κ2) is 29.1. The Kier molecular flexibility index (Phi) is 24.2. The lowest BCUT2D eigenvalue weighted by Crippen LogP contribution is -2.59. The fourth-order valence-corrected chi connectivity index (χ4v) is 7.85. The van der Waals surface area contributed by atoms with Crippen LogP contribution in [0.4, 0.5) is 0 Å². The molecule has 2 aromatic rings. The number of aliphatic hydroxyl groups excluding tert-OH is 3. The van der Waals surface area contributed by atoms with E-state index in [1.165, 1.54) is 109 Å². The molecule has 2 aromatic carbocycles. The Balaban J connectivity index is 1.65. The fourth-order valence-electron chi connectivity index (χ4n) is 7.85. The number of benzene rings is 2. The van der Waals surface area contributed by atoms with E-state index in [0.29, 0.717) is 12.0 Å². The summed E-state index contributed by atoms with van der Waals surface area (Å²) in [5.41, 5.74) is 6.62. The van der Waals surface area contributed by atoms with E-state index in [1.807, 2.05) is 0 Å². The Morgan fingerprint density at radius 3 is 1.85 bits per heavy atom. The molecule has 0 aliphatic carbocycles. The van der Waals surface area contributed by atoms with Crippen LogP contribution in [0.3, 0.4) is 0 Å². The summed E-state index contributed by atoms with van der Waals surface area (Å²) in [6.07, 6.45) is 13.2. The molecular formula is C48H74N8O12. The van der Waals surface area contributed by atoms with Crippen molar-refractivity contribution in [3.05, 3.63) is 47.5 Å². The van der Waals surface area contributed by atoms with Crippen molar-refractivity contribution in [2.75, 3.05) is 40.5 Å². The van der Waals surface area contributed by atoms with Gasteiger partial charge in [-0.2, -0.15) is 0 Å². The normalized spacial score (nSPS) is 16.9. The first-order valence-electron chi connectivity index (χ1n) is 23.7. The third kappa shape index (κ3) is 17.4. The Labute approximate surface area is 398 Å². The summed E-state index contributed by atoms with van der Waals surface area (Å²) in [4.78, 5) is 95.7. The molecule has 1 heterocycles. The molecule has 1 aliphatic heterocycles. The van der Waals surface area contributed by atoms with Crippen LogP contribution >= 0.6 is 0 Å². The van der Waals surface area contributed by atoms with E-state index in [4.69, 9.17) is 5.73 Å². The summed E-state index contributed by atoms with van der Waals surface area (Å²) in [5, 5.41) is 63.1. The second-order valence-electron chi connectivity index (χ2n) is 17.5. The van der Waals surface area contributed by atoms with E-state index >= 15 is 0 Å². The molecule has 0 saturated heterocycles.